The molecule has 2 heteroatoms. The van der Waals surface area contributed by atoms with Crippen molar-refractivity contribution in [2.45, 2.75) is 12.8 Å². The molecular weight excluding hydrogens is 310 g/mol. The molecule has 0 bridgehead atoms. The van der Waals surface area contributed by atoms with E-state index in [1.165, 1.54) is 32.3 Å². The van der Waals surface area contributed by atoms with Gasteiger partial charge in [-0.25, -0.2) is 0 Å². The molecule has 98 valence electrons. The average molecular weight is 324 g/mol. The lowest BCUT2D eigenvalue weighted by molar-refractivity contribution is 0.965. The molecule has 2 aromatic carbocycles. The van der Waals surface area contributed by atoms with E-state index < -0.39 is 0 Å². The molecule has 0 atom stereocenters. The number of rotatable bonds is 1. The highest BCUT2D eigenvalue weighted by molar-refractivity contribution is 9.15. The number of allylic oxidation sites excluding steroid dienone is 1. The van der Waals surface area contributed by atoms with Gasteiger partial charge in [0.05, 0.1) is 11.2 Å². The zero-order valence-electron chi connectivity index (χ0n) is 11.0. The summed E-state index contributed by atoms with van der Waals surface area (Å²) in [6.07, 6.45) is 4.50. The van der Waals surface area contributed by atoms with Crippen LogP contribution in [0.5, 0.6) is 0 Å². The van der Waals surface area contributed by atoms with Gasteiger partial charge in [0.1, 0.15) is 0 Å². The quantitative estimate of drug-likeness (QED) is 0.571. The van der Waals surface area contributed by atoms with E-state index in [2.05, 4.69) is 81.2 Å². The SMILES string of the molecule is BrC1=CCCc2c1n(-c1ccccc1)c1ccccc21. The van der Waals surface area contributed by atoms with E-state index in [0.717, 1.165) is 12.8 Å². The number of halogens is 1. The van der Waals surface area contributed by atoms with Crippen LogP contribution in [0.2, 0.25) is 0 Å². The van der Waals surface area contributed by atoms with Crippen LogP contribution >= 0.6 is 15.9 Å². The van der Waals surface area contributed by atoms with Gasteiger partial charge in [-0.15, -0.1) is 0 Å². The maximum atomic E-state index is 3.75. The molecule has 20 heavy (non-hydrogen) atoms. The van der Waals surface area contributed by atoms with Gasteiger partial charge in [-0.1, -0.05) is 42.5 Å². The molecule has 1 aliphatic carbocycles. The Bertz CT molecular complexity index is 812. The number of fused-ring (bicyclic) bond motifs is 3. The third-order valence-electron chi connectivity index (χ3n) is 3.94. The van der Waals surface area contributed by atoms with Crippen LogP contribution in [0, 0.1) is 0 Å². The standard InChI is InChI=1S/C18H14BrN/c19-16-11-6-10-15-14-9-4-5-12-17(14)20(18(15)16)13-7-2-1-3-8-13/h1-5,7-9,11-12H,6,10H2. The average Bonchev–Trinajstić information content (AvgIpc) is 2.84. The van der Waals surface area contributed by atoms with Gasteiger partial charge in [-0.2, -0.15) is 0 Å². The number of aryl methyl sites for hydroxylation is 1. The van der Waals surface area contributed by atoms with Crippen molar-refractivity contribution in [2.24, 2.45) is 0 Å². The predicted octanol–water partition coefficient (Wildman–Crippen LogP) is 5.31. The van der Waals surface area contributed by atoms with Crippen molar-refractivity contribution >= 4 is 31.3 Å². The summed E-state index contributed by atoms with van der Waals surface area (Å²) in [7, 11) is 0. The summed E-state index contributed by atoms with van der Waals surface area (Å²) in [5.41, 5.74) is 5.27. The molecule has 1 heterocycles. The summed E-state index contributed by atoms with van der Waals surface area (Å²) in [6.45, 7) is 0. The van der Waals surface area contributed by atoms with Gasteiger partial charge in [0.2, 0.25) is 0 Å². The Hall–Kier alpha value is -1.80. The first kappa shape index (κ1) is 12.0. The molecule has 1 aromatic heterocycles. The summed E-state index contributed by atoms with van der Waals surface area (Å²) in [5.74, 6) is 0. The van der Waals surface area contributed by atoms with Crippen molar-refractivity contribution in [3.05, 3.63) is 71.9 Å². The van der Waals surface area contributed by atoms with Crippen LogP contribution in [0.3, 0.4) is 0 Å². The largest absolute Gasteiger partial charge is 0.308 e. The maximum absolute atomic E-state index is 3.75. The molecule has 4 rings (SSSR count). The number of benzene rings is 2. The van der Waals surface area contributed by atoms with Gasteiger partial charge in [-0.3, -0.25) is 0 Å². The highest BCUT2D eigenvalue weighted by Crippen LogP contribution is 2.39. The fraction of sp³-hybridized carbons (Fsp3) is 0.111. The van der Waals surface area contributed by atoms with E-state index >= 15 is 0 Å². The molecule has 0 aliphatic heterocycles. The predicted molar refractivity (Wildman–Crippen MR) is 88.5 cm³/mol. The molecule has 0 amide bonds. The van der Waals surface area contributed by atoms with Crippen molar-refractivity contribution in [1.82, 2.24) is 4.57 Å². The molecule has 1 aliphatic rings. The molecule has 0 radical (unpaired) electrons. The lowest BCUT2D eigenvalue weighted by Gasteiger charge is -2.15. The summed E-state index contributed by atoms with van der Waals surface area (Å²) in [6, 6.07) is 19.3. The minimum Gasteiger partial charge on any atom is -0.308 e. The lowest BCUT2D eigenvalue weighted by atomic mass is 10.0. The number of hydrogen-bond donors (Lipinski definition) is 0. The fourth-order valence-electron chi connectivity index (χ4n) is 3.10. The Balaban J connectivity index is 2.15. The molecule has 1 nitrogen and oxygen atoms in total. The van der Waals surface area contributed by atoms with E-state index in [1.54, 1.807) is 0 Å². The second-order valence-electron chi connectivity index (χ2n) is 5.11. The molecule has 3 aromatic rings. The van der Waals surface area contributed by atoms with E-state index in [1.807, 2.05) is 0 Å². The molecule has 0 saturated carbocycles. The van der Waals surface area contributed by atoms with Gasteiger partial charge in [0, 0.05) is 15.6 Å². The number of hydrogen-bond acceptors (Lipinski definition) is 0. The summed E-state index contributed by atoms with van der Waals surface area (Å²) in [4.78, 5) is 0. The van der Waals surface area contributed by atoms with Crippen LogP contribution in [-0.4, -0.2) is 4.57 Å². The van der Waals surface area contributed by atoms with E-state index in [9.17, 15) is 0 Å². The highest BCUT2D eigenvalue weighted by atomic mass is 79.9. The highest BCUT2D eigenvalue weighted by Gasteiger charge is 2.21. The van der Waals surface area contributed by atoms with Gasteiger partial charge < -0.3 is 4.57 Å². The molecule has 0 N–H and O–H groups in total. The van der Waals surface area contributed by atoms with Crippen molar-refractivity contribution < 1.29 is 0 Å². The molecule has 0 fully saturated rings. The smallest absolute Gasteiger partial charge is 0.0639 e. The van der Waals surface area contributed by atoms with Crippen molar-refractivity contribution in [3.63, 3.8) is 0 Å². The summed E-state index contributed by atoms with van der Waals surface area (Å²) < 4.78 is 3.57. The molecule has 0 unspecified atom stereocenters. The zero-order chi connectivity index (χ0) is 13.5. The van der Waals surface area contributed by atoms with Gasteiger partial charge in [-0.05, 0) is 52.5 Å². The van der Waals surface area contributed by atoms with Crippen LogP contribution in [0.1, 0.15) is 17.7 Å². The van der Waals surface area contributed by atoms with Crippen molar-refractivity contribution in [2.75, 3.05) is 0 Å². The monoisotopic (exact) mass is 323 g/mol. The van der Waals surface area contributed by atoms with Gasteiger partial charge in [0.25, 0.3) is 0 Å². The first-order valence-corrected chi connectivity index (χ1v) is 7.69. The van der Waals surface area contributed by atoms with Crippen LogP contribution < -0.4 is 0 Å². The second-order valence-corrected chi connectivity index (χ2v) is 5.96. The van der Waals surface area contributed by atoms with Crippen molar-refractivity contribution in [1.29, 1.82) is 0 Å². The Labute approximate surface area is 126 Å². The lowest BCUT2D eigenvalue weighted by Crippen LogP contribution is -2.02. The van der Waals surface area contributed by atoms with Gasteiger partial charge in [0.15, 0.2) is 0 Å². The Morgan fingerprint density at radius 1 is 0.900 bits per heavy atom. The molecule has 0 spiro atoms. The van der Waals surface area contributed by atoms with E-state index in [0.29, 0.717) is 0 Å². The third-order valence-corrected chi connectivity index (χ3v) is 4.64. The minimum atomic E-state index is 1.11. The maximum Gasteiger partial charge on any atom is 0.0639 e. The third kappa shape index (κ3) is 1.68. The van der Waals surface area contributed by atoms with Crippen molar-refractivity contribution in [3.8, 4) is 5.69 Å². The van der Waals surface area contributed by atoms with Gasteiger partial charge >= 0.3 is 0 Å². The number of nitrogens with zero attached hydrogens (tertiary/aromatic N) is 1. The fourth-order valence-corrected chi connectivity index (χ4v) is 3.74. The first-order chi connectivity index (χ1) is 9.86. The number of para-hydroxylation sites is 2. The normalized spacial score (nSPS) is 14.2. The van der Waals surface area contributed by atoms with Crippen LogP contribution in [0.4, 0.5) is 0 Å². The number of aromatic nitrogens is 1. The van der Waals surface area contributed by atoms with E-state index in [4.69, 9.17) is 0 Å². The first-order valence-electron chi connectivity index (χ1n) is 6.90. The molecule has 0 saturated heterocycles. The zero-order valence-corrected chi connectivity index (χ0v) is 12.6. The topological polar surface area (TPSA) is 4.93 Å². The van der Waals surface area contributed by atoms with Crippen LogP contribution in [0.25, 0.3) is 21.1 Å². The Morgan fingerprint density at radius 2 is 1.65 bits per heavy atom. The second kappa shape index (κ2) is 4.64. The van der Waals surface area contributed by atoms with E-state index in [-0.39, 0.29) is 0 Å². The van der Waals surface area contributed by atoms with Crippen LogP contribution in [-0.2, 0) is 6.42 Å². The van der Waals surface area contributed by atoms with Crippen LogP contribution in [0.15, 0.2) is 60.7 Å². The Morgan fingerprint density at radius 3 is 2.50 bits per heavy atom. The summed E-state index contributed by atoms with van der Waals surface area (Å²) in [5, 5.41) is 1.37. The molecular formula is C18H14BrN. The Kier molecular flexibility index (Phi) is 2.78. The minimum absolute atomic E-state index is 1.11. The summed E-state index contributed by atoms with van der Waals surface area (Å²) >= 11 is 3.75.